The van der Waals surface area contributed by atoms with Crippen molar-refractivity contribution in [3.05, 3.63) is 70.3 Å². The summed E-state index contributed by atoms with van der Waals surface area (Å²) in [5.41, 5.74) is 0.224. The molecular formula is C18H12ClF4N3O3. The SMILES string of the molecule is CON(Cc1ccc(-c2noc(C(F)(F)F)n2)c(F)c1)C(=O)c1ccccc1Cl. The molecule has 0 N–H and O–H groups in total. The Morgan fingerprint density at radius 1 is 1.24 bits per heavy atom. The van der Waals surface area contributed by atoms with Crippen LogP contribution in [0.2, 0.25) is 5.02 Å². The van der Waals surface area contributed by atoms with Crippen LogP contribution in [0.5, 0.6) is 0 Å². The lowest BCUT2D eigenvalue weighted by molar-refractivity contribution is -0.159. The topological polar surface area (TPSA) is 68.5 Å². The van der Waals surface area contributed by atoms with Crippen molar-refractivity contribution < 1.29 is 31.7 Å². The Hall–Kier alpha value is -2.98. The second-order valence-electron chi connectivity index (χ2n) is 5.74. The molecule has 0 spiro atoms. The van der Waals surface area contributed by atoms with Gasteiger partial charge in [-0.25, -0.2) is 9.45 Å². The van der Waals surface area contributed by atoms with Gasteiger partial charge in [0, 0.05) is 0 Å². The molecule has 11 heteroatoms. The number of amides is 1. The number of nitrogens with zero attached hydrogens (tertiary/aromatic N) is 3. The number of alkyl halides is 3. The van der Waals surface area contributed by atoms with E-state index in [0.717, 1.165) is 11.1 Å². The van der Waals surface area contributed by atoms with Crippen molar-refractivity contribution in [3.63, 3.8) is 0 Å². The molecule has 0 saturated heterocycles. The third-order valence-corrected chi connectivity index (χ3v) is 4.15. The minimum Gasteiger partial charge on any atom is -0.329 e. The average Bonchev–Trinajstić information content (AvgIpc) is 3.16. The molecule has 0 aliphatic rings. The van der Waals surface area contributed by atoms with Crippen molar-refractivity contribution in [1.29, 1.82) is 0 Å². The summed E-state index contributed by atoms with van der Waals surface area (Å²) in [5, 5.41) is 4.33. The molecule has 152 valence electrons. The monoisotopic (exact) mass is 429 g/mol. The Morgan fingerprint density at radius 3 is 2.55 bits per heavy atom. The van der Waals surface area contributed by atoms with Gasteiger partial charge in [-0.05, 0) is 29.8 Å². The predicted octanol–water partition coefficient (Wildman–Crippen LogP) is 4.75. The third-order valence-electron chi connectivity index (χ3n) is 3.82. The molecular weight excluding hydrogens is 418 g/mol. The van der Waals surface area contributed by atoms with Crippen molar-refractivity contribution in [2.24, 2.45) is 0 Å². The van der Waals surface area contributed by atoms with E-state index in [2.05, 4.69) is 14.7 Å². The maximum atomic E-state index is 14.4. The Kier molecular flexibility index (Phi) is 5.85. The van der Waals surface area contributed by atoms with Gasteiger partial charge in [-0.3, -0.25) is 9.63 Å². The fourth-order valence-electron chi connectivity index (χ4n) is 2.44. The zero-order chi connectivity index (χ0) is 21.2. The predicted molar refractivity (Wildman–Crippen MR) is 93.0 cm³/mol. The highest BCUT2D eigenvalue weighted by atomic mass is 35.5. The van der Waals surface area contributed by atoms with Crippen LogP contribution in [0, 0.1) is 5.82 Å². The minimum absolute atomic E-state index is 0.141. The highest BCUT2D eigenvalue weighted by molar-refractivity contribution is 6.33. The molecule has 29 heavy (non-hydrogen) atoms. The first-order chi connectivity index (χ1) is 13.7. The van der Waals surface area contributed by atoms with Gasteiger partial charge in [-0.1, -0.05) is 35.0 Å². The zero-order valence-electron chi connectivity index (χ0n) is 14.7. The first-order valence-corrected chi connectivity index (χ1v) is 8.38. The summed E-state index contributed by atoms with van der Waals surface area (Å²) in [4.78, 5) is 20.8. The van der Waals surface area contributed by atoms with Gasteiger partial charge in [0.25, 0.3) is 5.91 Å². The molecule has 0 aliphatic heterocycles. The Morgan fingerprint density at radius 2 is 1.97 bits per heavy atom. The Balaban J connectivity index is 1.81. The van der Waals surface area contributed by atoms with Crippen molar-refractivity contribution >= 4 is 17.5 Å². The van der Waals surface area contributed by atoms with E-state index >= 15 is 0 Å². The molecule has 0 atom stereocenters. The summed E-state index contributed by atoms with van der Waals surface area (Å²) in [6.45, 7) is -0.141. The number of carbonyl (C=O) groups is 1. The zero-order valence-corrected chi connectivity index (χ0v) is 15.5. The molecule has 6 nitrogen and oxygen atoms in total. The summed E-state index contributed by atoms with van der Waals surface area (Å²) in [6.07, 6.45) is -4.83. The van der Waals surface area contributed by atoms with Gasteiger partial charge in [-0.2, -0.15) is 18.2 Å². The van der Waals surface area contributed by atoms with Crippen molar-refractivity contribution in [2.75, 3.05) is 7.11 Å². The van der Waals surface area contributed by atoms with Crippen LogP contribution in [0.1, 0.15) is 21.8 Å². The summed E-state index contributed by atoms with van der Waals surface area (Å²) in [5.74, 6) is -3.56. The molecule has 0 aliphatic carbocycles. The maximum Gasteiger partial charge on any atom is 0.471 e. The van der Waals surface area contributed by atoms with Gasteiger partial charge in [-0.15, -0.1) is 0 Å². The first-order valence-electron chi connectivity index (χ1n) is 8.01. The summed E-state index contributed by atoms with van der Waals surface area (Å²) < 4.78 is 56.2. The van der Waals surface area contributed by atoms with E-state index in [-0.39, 0.29) is 22.7 Å². The maximum absolute atomic E-state index is 14.4. The first kappa shape index (κ1) is 20.7. The number of aromatic nitrogens is 2. The molecule has 1 aromatic heterocycles. The molecule has 1 amide bonds. The lowest BCUT2D eigenvalue weighted by Gasteiger charge is -2.20. The van der Waals surface area contributed by atoms with Crippen molar-refractivity contribution in [3.8, 4) is 11.4 Å². The van der Waals surface area contributed by atoms with Gasteiger partial charge < -0.3 is 4.52 Å². The van der Waals surface area contributed by atoms with Gasteiger partial charge in [0.05, 0.1) is 29.8 Å². The van der Waals surface area contributed by atoms with E-state index in [4.69, 9.17) is 16.4 Å². The smallest absolute Gasteiger partial charge is 0.329 e. The summed E-state index contributed by atoms with van der Waals surface area (Å²) in [7, 11) is 1.26. The van der Waals surface area contributed by atoms with Gasteiger partial charge in [0.1, 0.15) is 5.82 Å². The Labute approximate surface area is 166 Å². The van der Waals surface area contributed by atoms with E-state index in [1.807, 2.05) is 0 Å². The largest absolute Gasteiger partial charge is 0.471 e. The molecule has 0 bridgehead atoms. The summed E-state index contributed by atoms with van der Waals surface area (Å²) >= 11 is 6.01. The lowest BCUT2D eigenvalue weighted by atomic mass is 10.1. The Bertz CT molecular complexity index is 1040. The van der Waals surface area contributed by atoms with Crippen LogP contribution in [-0.2, 0) is 17.6 Å². The standard InChI is InChI=1S/C18H12ClF4N3O3/c1-28-26(16(27)11-4-2-3-5-13(11)19)9-10-6-7-12(14(20)8-10)15-24-17(29-25-15)18(21,22)23/h2-8H,9H2,1H3. The molecule has 0 radical (unpaired) electrons. The van der Waals surface area contributed by atoms with E-state index in [0.29, 0.717) is 5.56 Å². The fourth-order valence-corrected chi connectivity index (χ4v) is 2.66. The third kappa shape index (κ3) is 4.54. The van der Waals surface area contributed by atoms with E-state index in [1.165, 1.54) is 31.4 Å². The fraction of sp³-hybridized carbons (Fsp3) is 0.167. The van der Waals surface area contributed by atoms with E-state index < -0.39 is 29.6 Å². The van der Waals surface area contributed by atoms with Crippen LogP contribution in [0.3, 0.4) is 0 Å². The molecule has 0 fully saturated rings. The molecule has 2 aromatic carbocycles. The van der Waals surface area contributed by atoms with Gasteiger partial charge in [0.15, 0.2) is 0 Å². The normalized spacial score (nSPS) is 11.5. The van der Waals surface area contributed by atoms with Crippen LogP contribution in [0.4, 0.5) is 17.6 Å². The highest BCUT2D eigenvalue weighted by Crippen LogP contribution is 2.30. The quantitative estimate of drug-likeness (QED) is 0.432. The van der Waals surface area contributed by atoms with Crippen molar-refractivity contribution in [1.82, 2.24) is 15.2 Å². The van der Waals surface area contributed by atoms with Crippen LogP contribution in [-0.4, -0.2) is 28.2 Å². The summed E-state index contributed by atoms with van der Waals surface area (Å²) in [6, 6.07) is 9.95. The number of benzene rings is 2. The number of hydrogen-bond donors (Lipinski definition) is 0. The number of carbonyl (C=O) groups excluding carboxylic acids is 1. The minimum atomic E-state index is -4.83. The molecule has 3 rings (SSSR count). The molecule has 3 aromatic rings. The van der Waals surface area contributed by atoms with Crippen LogP contribution in [0.15, 0.2) is 47.0 Å². The molecule has 1 heterocycles. The number of rotatable bonds is 5. The molecule has 0 saturated carbocycles. The van der Waals surface area contributed by atoms with E-state index in [9.17, 15) is 22.4 Å². The molecule has 0 unspecified atom stereocenters. The number of halogens is 5. The van der Waals surface area contributed by atoms with E-state index in [1.54, 1.807) is 12.1 Å². The van der Waals surface area contributed by atoms with Crippen molar-refractivity contribution in [2.45, 2.75) is 12.7 Å². The second-order valence-corrected chi connectivity index (χ2v) is 6.15. The number of hydrogen-bond acceptors (Lipinski definition) is 5. The van der Waals surface area contributed by atoms with Gasteiger partial charge >= 0.3 is 12.1 Å². The lowest BCUT2D eigenvalue weighted by Crippen LogP contribution is -2.29. The highest BCUT2D eigenvalue weighted by Gasteiger charge is 2.38. The van der Waals surface area contributed by atoms with Crippen LogP contribution < -0.4 is 0 Å². The average molecular weight is 430 g/mol. The number of hydroxylamine groups is 2. The van der Waals surface area contributed by atoms with Gasteiger partial charge in [0.2, 0.25) is 5.82 Å². The van der Waals surface area contributed by atoms with Crippen LogP contribution in [0.25, 0.3) is 11.4 Å². The second kappa shape index (κ2) is 8.18. The van der Waals surface area contributed by atoms with Crippen LogP contribution >= 0.6 is 11.6 Å².